The van der Waals surface area contributed by atoms with E-state index in [1.807, 2.05) is 36.4 Å². The highest BCUT2D eigenvalue weighted by molar-refractivity contribution is 5.92. The van der Waals surface area contributed by atoms with Gasteiger partial charge in [0.1, 0.15) is 0 Å². The van der Waals surface area contributed by atoms with Gasteiger partial charge >= 0.3 is 5.97 Å². The molecular weight excluding hydrogens is 300 g/mol. The van der Waals surface area contributed by atoms with Gasteiger partial charge in [-0.1, -0.05) is 48.6 Å². The van der Waals surface area contributed by atoms with E-state index in [1.165, 1.54) is 0 Å². The van der Waals surface area contributed by atoms with Gasteiger partial charge in [0.05, 0.1) is 11.8 Å². The molecule has 0 saturated heterocycles. The van der Waals surface area contributed by atoms with Crippen LogP contribution in [0.25, 0.3) is 22.9 Å². The summed E-state index contributed by atoms with van der Waals surface area (Å²) in [5.74, 6) is 4.26. The second kappa shape index (κ2) is 6.79. The summed E-state index contributed by atoms with van der Waals surface area (Å²) >= 11 is 0. The van der Waals surface area contributed by atoms with E-state index in [1.54, 1.807) is 30.5 Å². The summed E-state index contributed by atoms with van der Waals surface area (Å²) in [4.78, 5) is 10.8. The molecule has 0 aromatic heterocycles. The van der Waals surface area contributed by atoms with Crippen LogP contribution in [0.1, 0.15) is 27.0 Å². The van der Waals surface area contributed by atoms with E-state index < -0.39 is 5.97 Å². The first kappa shape index (κ1) is 15.5. The van der Waals surface area contributed by atoms with Crippen LogP contribution in [0.3, 0.4) is 0 Å². The van der Waals surface area contributed by atoms with Crippen molar-refractivity contribution in [3.05, 3.63) is 82.9 Å². The van der Waals surface area contributed by atoms with E-state index in [4.69, 9.17) is 10.9 Å². The van der Waals surface area contributed by atoms with E-state index in [2.05, 4.69) is 17.2 Å². The number of hydrogen-bond donors (Lipinski definition) is 2. The number of aromatic carboxylic acids is 1. The first-order chi connectivity index (χ1) is 11.7. The Kier molecular flexibility index (Phi) is 4.38. The molecule has 4 heteroatoms. The maximum atomic E-state index is 10.8. The smallest absolute Gasteiger partial charge is 0.335 e. The molecule has 0 amide bonds. The van der Waals surface area contributed by atoms with Crippen LogP contribution in [0, 0.1) is 0 Å². The van der Waals surface area contributed by atoms with Gasteiger partial charge in [0.25, 0.3) is 0 Å². The SMILES string of the molecule is N/N=C\c1ccc2cc(/C=C/c3ccc(C(=O)O)cc3)ccc2c1. The second-order valence-corrected chi connectivity index (χ2v) is 5.40. The van der Waals surface area contributed by atoms with Crippen molar-refractivity contribution in [2.45, 2.75) is 0 Å². The quantitative estimate of drug-likeness (QED) is 0.330. The normalized spacial score (nSPS) is 11.5. The predicted molar refractivity (Wildman–Crippen MR) is 98.1 cm³/mol. The molecule has 4 nitrogen and oxygen atoms in total. The molecule has 0 spiro atoms. The van der Waals surface area contributed by atoms with Gasteiger partial charge in [0.2, 0.25) is 0 Å². The number of hydrazone groups is 1. The summed E-state index contributed by atoms with van der Waals surface area (Å²) in [5.41, 5.74) is 3.28. The molecule has 0 atom stereocenters. The Hall–Kier alpha value is -3.40. The van der Waals surface area contributed by atoms with Crippen molar-refractivity contribution in [2.24, 2.45) is 10.9 Å². The van der Waals surface area contributed by atoms with Gasteiger partial charge in [-0.15, -0.1) is 0 Å². The summed E-state index contributed by atoms with van der Waals surface area (Å²) in [6, 6.07) is 19.0. The molecule has 118 valence electrons. The van der Waals surface area contributed by atoms with Crippen molar-refractivity contribution in [1.82, 2.24) is 0 Å². The second-order valence-electron chi connectivity index (χ2n) is 5.40. The number of benzene rings is 3. The Morgan fingerprint density at radius 3 is 2.00 bits per heavy atom. The van der Waals surface area contributed by atoms with Gasteiger partial charge < -0.3 is 10.9 Å². The Morgan fingerprint density at radius 2 is 1.38 bits per heavy atom. The molecule has 3 aromatic rings. The Labute approximate surface area is 139 Å². The molecule has 3 rings (SSSR count). The largest absolute Gasteiger partial charge is 0.478 e. The topological polar surface area (TPSA) is 75.7 Å². The van der Waals surface area contributed by atoms with Crippen molar-refractivity contribution in [1.29, 1.82) is 0 Å². The first-order valence-electron chi connectivity index (χ1n) is 7.44. The molecule has 0 unspecified atom stereocenters. The third-order valence-electron chi connectivity index (χ3n) is 3.74. The maximum Gasteiger partial charge on any atom is 0.335 e. The number of nitrogens with zero attached hydrogens (tertiary/aromatic N) is 1. The third kappa shape index (κ3) is 3.50. The summed E-state index contributed by atoms with van der Waals surface area (Å²) in [7, 11) is 0. The lowest BCUT2D eigenvalue weighted by molar-refractivity contribution is 0.0697. The van der Waals surface area contributed by atoms with Crippen molar-refractivity contribution < 1.29 is 9.90 Å². The summed E-state index contributed by atoms with van der Waals surface area (Å²) < 4.78 is 0. The number of carbonyl (C=O) groups is 1. The standard InChI is InChI=1S/C20H16N2O2/c21-22-13-16-6-10-18-11-15(5-9-19(18)12-16)2-1-14-3-7-17(8-4-14)20(23)24/h1-13H,21H2,(H,23,24)/b2-1+,22-13-. The maximum absolute atomic E-state index is 10.8. The lowest BCUT2D eigenvalue weighted by Crippen LogP contribution is -1.94. The van der Waals surface area contributed by atoms with E-state index in [9.17, 15) is 4.79 Å². The highest BCUT2D eigenvalue weighted by Gasteiger charge is 2.00. The van der Waals surface area contributed by atoms with Crippen LogP contribution < -0.4 is 5.84 Å². The number of fused-ring (bicyclic) bond motifs is 1. The summed E-state index contributed by atoms with van der Waals surface area (Å²) in [5, 5.41) is 14.7. The zero-order valence-corrected chi connectivity index (χ0v) is 12.9. The average Bonchev–Trinajstić information content (AvgIpc) is 2.60. The fraction of sp³-hybridized carbons (Fsp3) is 0. The van der Waals surface area contributed by atoms with Crippen LogP contribution in [0.15, 0.2) is 65.8 Å². The van der Waals surface area contributed by atoms with Crippen LogP contribution in [0.5, 0.6) is 0 Å². The van der Waals surface area contributed by atoms with E-state index >= 15 is 0 Å². The van der Waals surface area contributed by atoms with Crippen LogP contribution in [0.4, 0.5) is 0 Å². The van der Waals surface area contributed by atoms with Crippen molar-refractivity contribution >= 4 is 35.1 Å². The zero-order valence-electron chi connectivity index (χ0n) is 12.9. The van der Waals surface area contributed by atoms with Gasteiger partial charge in [-0.2, -0.15) is 5.10 Å². The third-order valence-corrected chi connectivity index (χ3v) is 3.74. The molecule has 0 aliphatic carbocycles. The Balaban J connectivity index is 1.84. The minimum atomic E-state index is -0.917. The highest BCUT2D eigenvalue weighted by Crippen LogP contribution is 2.19. The molecule has 0 saturated carbocycles. The van der Waals surface area contributed by atoms with Crippen molar-refractivity contribution in [3.8, 4) is 0 Å². The number of carboxylic acid groups (broad SMARTS) is 1. The van der Waals surface area contributed by atoms with Crippen LogP contribution >= 0.6 is 0 Å². The molecule has 3 N–H and O–H groups in total. The molecule has 0 bridgehead atoms. The fourth-order valence-electron chi connectivity index (χ4n) is 2.48. The van der Waals surface area contributed by atoms with Gasteiger partial charge in [-0.3, -0.25) is 0 Å². The molecule has 0 heterocycles. The van der Waals surface area contributed by atoms with Crippen LogP contribution in [-0.2, 0) is 0 Å². The number of rotatable bonds is 4. The van der Waals surface area contributed by atoms with Gasteiger partial charge in [-0.05, 0) is 51.7 Å². The number of nitrogens with two attached hydrogens (primary N) is 1. The fourth-order valence-corrected chi connectivity index (χ4v) is 2.48. The first-order valence-corrected chi connectivity index (χ1v) is 7.44. The lowest BCUT2D eigenvalue weighted by Gasteiger charge is -2.02. The summed E-state index contributed by atoms with van der Waals surface area (Å²) in [6.45, 7) is 0. The molecule has 0 radical (unpaired) electrons. The van der Waals surface area contributed by atoms with Gasteiger partial charge in [0, 0.05) is 0 Å². The van der Waals surface area contributed by atoms with E-state index in [0.29, 0.717) is 0 Å². The van der Waals surface area contributed by atoms with Crippen LogP contribution in [0.2, 0.25) is 0 Å². The minimum absolute atomic E-state index is 0.287. The molecule has 3 aromatic carbocycles. The molecule has 24 heavy (non-hydrogen) atoms. The number of carboxylic acids is 1. The van der Waals surface area contributed by atoms with E-state index in [-0.39, 0.29) is 5.56 Å². The monoisotopic (exact) mass is 316 g/mol. The van der Waals surface area contributed by atoms with Crippen LogP contribution in [-0.4, -0.2) is 17.3 Å². The zero-order chi connectivity index (χ0) is 16.9. The number of hydrogen-bond acceptors (Lipinski definition) is 3. The van der Waals surface area contributed by atoms with Crippen molar-refractivity contribution in [2.75, 3.05) is 0 Å². The Bertz CT molecular complexity index is 942. The van der Waals surface area contributed by atoms with Crippen molar-refractivity contribution in [3.63, 3.8) is 0 Å². The van der Waals surface area contributed by atoms with Gasteiger partial charge in [-0.25, -0.2) is 4.79 Å². The summed E-state index contributed by atoms with van der Waals surface area (Å²) in [6.07, 6.45) is 5.58. The van der Waals surface area contributed by atoms with Gasteiger partial charge in [0.15, 0.2) is 0 Å². The Morgan fingerprint density at radius 1 is 0.833 bits per heavy atom. The molecule has 0 aliphatic rings. The highest BCUT2D eigenvalue weighted by atomic mass is 16.4. The minimum Gasteiger partial charge on any atom is -0.478 e. The predicted octanol–water partition coefficient (Wildman–Crippen LogP) is 4.00. The molecular formula is C20H16N2O2. The lowest BCUT2D eigenvalue weighted by atomic mass is 10.0. The average molecular weight is 316 g/mol. The molecule has 0 fully saturated rings. The molecule has 0 aliphatic heterocycles. The van der Waals surface area contributed by atoms with E-state index in [0.717, 1.165) is 27.5 Å².